The summed E-state index contributed by atoms with van der Waals surface area (Å²) in [6, 6.07) is 5.82. The molecular formula is C19H23NO4. The average molecular weight is 329 g/mol. The summed E-state index contributed by atoms with van der Waals surface area (Å²) in [6.07, 6.45) is 4.24. The first-order chi connectivity index (χ1) is 11.5. The van der Waals surface area contributed by atoms with Crippen LogP contribution in [0.1, 0.15) is 24.0 Å². The Hall–Kier alpha value is -2.14. The number of imide groups is 1. The molecule has 1 aromatic carbocycles. The Kier molecular flexibility index (Phi) is 4.71. The van der Waals surface area contributed by atoms with Crippen molar-refractivity contribution in [3.8, 4) is 5.75 Å². The van der Waals surface area contributed by atoms with Gasteiger partial charge in [-0.15, -0.1) is 0 Å². The zero-order valence-corrected chi connectivity index (χ0v) is 14.1. The van der Waals surface area contributed by atoms with Crippen molar-refractivity contribution in [2.45, 2.75) is 32.8 Å². The van der Waals surface area contributed by atoms with Gasteiger partial charge in [-0.1, -0.05) is 29.8 Å². The number of hydrogen-bond donors (Lipinski definition) is 1. The first-order valence-corrected chi connectivity index (χ1v) is 8.35. The van der Waals surface area contributed by atoms with E-state index < -0.39 is 6.10 Å². The Morgan fingerprint density at radius 3 is 2.38 bits per heavy atom. The minimum absolute atomic E-state index is 0.00439. The van der Waals surface area contributed by atoms with Crippen LogP contribution in [0.25, 0.3) is 0 Å². The molecule has 24 heavy (non-hydrogen) atoms. The minimum Gasteiger partial charge on any atom is -0.491 e. The number of carbonyl (C=O) groups excluding carboxylic acids is 2. The lowest BCUT2D eigenvalue weighted by Crippen LogP contribution is -2.40. The number of benzene rings is 1. The number of aryl methyl sites for hydroxylation is 2. The SMILES string of the molecule is Cc1ccc(OC[C@@H](O)CN2C(=O)[C@H]3CC=CC[C@H]3C2=O)c(C)c1. The second kappa shape index (κ2) is 6.77. The van der Waals surface area contributed by atoms with Gasteiger partial charge < -0.3 is 9.84 Å². The monoisotopic (exact) mass is 329 g/mol. The maximum absolute atomic E-state index is 12.4. The number of allylic oxidation sites excluding steroid dienone is 2. The van der Waals surface area contributed by atoms with Gasteiger partial charge in [-0.3, -0.25) is 14.5 Å². The molecule has 0 saturated carbocycles. The molecule has 0 radical (unpaired) electrons. The minimum atomic E-state index is -0.897. The van der Waals surface area contributed by atoms with Crippen LogP contribution in [-0.4, -0.2) is 41.1 Å². The molecule has 3 atom stereocenters. The quantitative estimate of drug-likeness (QED) is 0.663. The summed E-state index contributed by atoms with van der Waals surface area (Å²) in [4.78, 5) is 25.9. The Balaban J connectivity index is 1.58. The van der Waals surface area contributed by atoms with Gasteiger partial charge in [0.15, 0.2) is 0 Å². The summed E-state index contributed by atoms with van der Waals surface area (Å²) in [5.74, 6) is -0.138. The summed E-state index contributed by atoms with van der Waals surface area (Å²) in [5, 5.41) is 10.2. The van der Waals surface area contributed by atoms with E-state index in [1.807, 2.05) is 44.2 Å². The molecule has 2 aliphatic rings. The van der Waals surface area contributed by atoms with Gasteiger partial charge in [-0.25, -0.2) is 0 Å². The van der Waals surface area contributed by atoms with Gasteiger partial charge in [0.2, 0.25) is 11.8 Å². The van der Waals surface area contributed by atoms with Gasteiger partial charge in [-0.05, 0) is 38.3 Å². The third kappa shape index (κ3) is 3.22. The third-order valence-corrected chi connectivity index (χ3v) is 4.75. The van der Waals surface area contributed by atoms with E-state index in [1.54, 1.807) is 0 Å². The second-order valence-electron chi connectivity index (χ2n) is 6.68. The third-order valence-electron chi connectivity index (χ3n) is 4.75. The summed E-state index contributed by atoms with van der Waals surface area (Å²) >= 11 is 0. The van der Waals surface area contributed by atoms with E-state index in [2.05, 4.69) is 0 Å². The molecule has 1 aromatic rings. The summed E-state index contributed by atoms with van der Waals surface area (Å²) in [6.45, 7) is 3.99. The molecule has 1 aliphatic heterocycles. The van der Waals surface area contributed by atoms with Gasteiger partial charge in [0.1, 0.15) is 18.5 Å². The van der Waals surface area contributed by atoms with E-state index in [9.17, 15) is 14.7 Å². The highest BCUT2D eigenvalue weighted by Crippen LogP contribution is 2.35. The van der Waals surface area contributed by atoms with Gasteiger partial charge in [0.25, 0.3) is 0 Å². The van der Waals surface area contributed by atoms with Crippen LogP contribution < -0.4 is 4.74 Å². The van der Waals surface area contributed by atoms with Crippen molar-refractivity contribution >= 4 is 11.8 Å². The Labute approximate surface area is 141 Å². The van der Waals surface area contributed by atoms with Crippen molar-refractivity contribution in [1.82, 2.24) is 4.90 Å². The highest BCUT2D eigenvalue weighted by atomic mass is 16.5. The number of amides is 2. The number of aliphatic hydroxyl groups excluding tert-OH is 1. The lowest BCUT2D eigenvalue weighted by Gasteiger charge is -2.20. The van der Waals surface area contributed by atoms with E-state index >= 15 is 0 Å². The Bertz CT molecular complexity index is 656. The lowest BCUT2D eigenvalue weighted by molar-refractivity contribution is -0.141. The largest absolute Gasteiger partial charge is 0.491 e. The molecule has 2 amide bonds. The maximum Gasteiger partial charge on any atom is 0.233 e. The number of nitrogens with zero attached hydrogens (tertiary/aromatic N) is 1. The highest BCUT2D eigenvalue weighted by Gasteiger charge is 2.47. The van der Waals surface area contributed by atoms with Crippen LogP contribution >= 0.6 is 0 Å². The number of ether oxygens (including phenoxy) is 1. The molecule has 0 aromatic heterocycles. The average Bonchev–Trinajstić information content (AvgIpc) is 2.79. The predicted molar refractivity (Wildman–Crippen MR) is 89.5 cm³/mol. The fourth-order valence-electron chi connectivity index (χ4n) is 3.46. The zero-order chi connectivity index (χ0) is 17.3. The lowest BCUT2D eigenvalue weighted by atomic mass is 9.85. The number of hydrogen-bond acceptors (Lipinski definition) is 4. The molecule has 1 saturated heterocycles. The van der Waals surface area contributed by atoms with Crippen molar-refractivity contribution < 1.29 is 19.4 Å². The topological polar surface area (TPSA) is 66.8 Å². The molecule has 3 rings (SSSR count). The number of fused-ring (bicyclic) bond motifs is 1. The van der Waals surface area contributed by atoms with Crippen molar-refractivity contribution in [1.29, 1.82) is 0 Å². The van der Waals surface area contributed by atoms with Crippen molar-refractivity contribution in [3.63, 3.8) is 0 Å². The molecule has 0 unspecified atom stereocenters. The molecule has 5 heteroatoms. The van der Waals surface area contributed by atoms with Gasteiger partial charge in [-0.2, -0.15) is 0 Å². The van der Waals surface area contributed by atoms with Crippen LogP contribution in [0.5, 0.6) is 5.75 Å². The first-order valence-electron chi connectivity index (χ1n) is 8.35. The fourth-order valence-corrected chi connectivity index (χ4v) is 3.46. The molecule has 1 aliphatic carbocycles. The van der Waals surface area contributed by atoms with Crippen molar-refractivity contribution in [2.24, 2.45) is 11.8 Å². The zero-order valence-electron chi connectivity index (χ0n) is 14.1. The van der Waals surface area contributed by atoms with E-state index in [0.717, 1.165) is 11.1 Å². The van der Waals surface area contributed by atoms with Crippen LogP contribution in [0.15, 0.2) is 30.4 Å². The van der Waals surface area contributed by atoms with Crippen LogP contribution in [0.3, 0.4) is 0 Å². The van der Waals surface area contributed by atoms with Crippen LogP contribution in [-0.2, 0) is 9.59 Å². The molecule has 1 heterocycles. The molecule has 0 bridgehead atoms. The first kappa shape index (κ1) is 16.7. The number of aliphatic hydroxyl groups is 1. The van der Waals surface area contributed by atoms with Crippen LogP contribution in [0.2, 0.25) is 0 Å². The summed E-state index contributed by atoms with van der Waals surface area (Å²) < 4.78 is 5.64. The number of likely N-dealkylation sites (tertiary alicyclic amines) is 1. The van der Waals surface area contributed by atoms with Crippen molar-refractivity contribution in [3.05, 3.63) is 41.5 Å². The molecule has 1 N–H and O–H groups in total. The van der Waals surface area contributed by atoms with E-state index in [4.69, 9.17) is 4.74 Å². The number of rotatable bonds is 5. The fraction of sp³-hybridized carbons (Fsp3) is 0.474. The number of β-amino-alcohol motifs (C(OH)–C–C–N with tert-alkyl or cyclic N) is 1. The van der Waals surface area contributed by atoms with Gasteiger partial charge >= 0.3 is 0 Å². The summed E-state index contributed by atoms with van der Waals surface area (Å²) in [5.41, 5.74) is 2.14. The summed E-state index contributed by atoms with van der Waals surface area (Å²) in [7, 11) is 0. The van der Waals surface area contributed by atoms with Gasteiger partial charge in [0, 0.05) is 0 Å². The maximum atomic E-state index is 12.4. The van der Waals surface area contributed by atoms with E-state index in [-0.39, 0.29) is 36.8 Å². The van der Waals surface area contributed by atoms with Gasteiger partial charge in [0.05, 0.1) is 18.4 Å². The standard InChI is InChI=1S/C19H23NO4/c1-12-7-8-17(13(2)9-12)24-11-14(21)10-20-18(22)15-5-3-4-6-16(15)19(20)23/h3-4,7-9,14-16,21H,5-6,10-11H2,1-2H3/t14-,15-,16+/m0/s1. The van der Waals surface area contributed by atoms with Crippen LogP contribution in [0.4, 0.5) is 0 Å². The van der Waals surface area contributed by atoms with E-state index in [0.29, 0.717) is 18.6 Å². The number of carbonyl (C=O) groups is 2. The molecular weight excluding hydrogens is 306 g/mol. The molecule has 1 fully saturated rings. The Morgan fingerprint density at radius 1 is 1.17 bits per heavy atom. The predicted octanol–water partition coefficient (Wildman–Crippen LogP) is 1.99. The second-order valence-corrected chi connectivity index (χ2v) is 6.68. The normalized spacial score (nSPS) is 24.2. The van der Waals surface area contributed by atoms with Crippen LogP contribution in [0, 0.1) is 25.7 Å². The van der Waals surface area contributed by atoms with E-state index in [1.165, 1.54) is 4.90 Å². The highest BCUT2D eigenvalue weighted by molar-refractivity contribution is 6.05. The smallest absolute Gasteiger partial charge is 0.233 e. The molecule has 5 nitrogen and oxygen atoms in total. The molecule has 128 valence electrons. The van der Waals surface area contributed by atoms with Crippen molar-refractivity contribution in [2.75, 3.05) is 13.2 Å². The Morgan fingerprint density at radius 2 is 1.79 bits per heavy atom. The molecule has 0 spiro atoms.